The van der Waals surface area contributed by atoms with Gasteiger partial charge in [-0.1, -0.05) is 23.7 Å². The van der Waals surface area contributed by atoms with Gasteiger partial charge in [-0.15, -0.1) is 0 Å². The van der Waals surface area contributed by atoms with Crippen LogP contribution in [0.5, 0.6) is 0 Å². The summed E-state index contributed by atoms with van der Waals surface area (Å²) in [5.74, 6) is -1.62. The minimum Gasteiger partial charge on any atom is -0.478 e. The van der Waals surface area contributed by atoms with E-state index in [2.05, 4.69) is 15.9 Å². The van der Waals surface area contributed by atoms with Crippen molar-refractivity contribution in [2.24, 2.45) is 0 Å². The van der Waals surface area contributed by atoms with Crippen LogP contribution in [0.15, 0.2) is 34.8 Å². The van der Waals surface area contributed by atoms with Crippen molar-refractivity contribution in [2.75, 3.05) is 0 Å². The lowest BCUT2D eigenvalue weighted by atomic mass is 9.97. The molecule has 2 nitrogen and oxygen atoms in total. The van der Waals surface area contributed by atoms with Crippen molar-refractivity contribution in [3.8, 4) is 11.1 Å². The summed E-state index contributed by atoms with van der Waals surface area (Å²) in [6, 6.07) is 7.78. The molecule has 1 N–H and O–H groups in total. The van der Waals surface area contributed by atoms with Crippen LogP contribution in [0.1, 0.15) is 15.9 Å². The molecule has 0 aliphatic carbocycles. The van der Waals surface area contributed by atoms with Crippen LogP contribution in [0.3, 0.4) is 0 Å². The number of aromatic carboxylic acids is 1. The van der Waals surface area contributed by atoms with Crippen LogP contribution in [0, 0.1) is 12.7 Å². The summed E-state index contributed by atoms with van der Waals surface area (Å²) in [6.07, 6.45) is 0. The van der Waals surface area contributed by atoms with Gasteiger partial charge in [0.05, 0.1) is 10.6 Å². The quantitative estimate of drug-likeness (QED) is 0.786. The number of carboxylic acid groups (broad SMARTS) is 1. The molecule has 0 radical (unpaired) electrons. The first-order valence-electron chi connectivity index (χ1n) is 5.39. The summed E-state index contributed by atoms with van der Waals surface area (Å²) >= 11 is 8.99. The molecule has 0 atom stereocenters. The highest BCUT2D eigenvalue weighted by Crippen LogP contribution is 2.34. The largest absolute Gasteiger partial charge is 0.478 e. The minimum atomic E-state index is -1.05. The van der Waals surface area contributed by atoms with Gasteiger partial charge < -0.3 is 5.11 Å². The normalized spacial score (nSPS) is 10.5. The predicted octanol–water partition coefficient (Wildman–Crippen LogP) is 4.92. The topological polar surface area (TPSA) is 37.3 Å². The van der Waals surface area contributed by atoms with Gasteiger partial charge in [0.1, 0.15) is 0 Å². The number of hydrogen-bond donors (Lipinski definition) is 1. The minimum absolute atomic E-state index is 0.0161. The van der Waals surface area contributed by atoms with Crippen molar-refractivity contribution < 1.29 is 14.3 Å². The highest BCUT2D eigenvalue weighted by molar-refractivity contribution is 9.10. The fourth-order valence-corrected chi connectivity index (χ4v) is 2.25. The monoisotopic (exact) mass is 342 g/mol. The summed E-state index contributed by atoms with van der Waals surface area (Å²) in [4.78, 5) is 11.0. The SMILES string of the molecule is Cc1ccc(C(=O)O)cc1-c1ccc(Br)c(Cl)c1F. The van der Waals surface area contributed by atoms with E-state index in [1.807, 2.05) is 0 Å². The van der Waals surface area contributed by atoms with Crippen molar-refractivity contribution in [3.05, 3.63) is 56.8 Å². The Labute approximate surface area is 123 Å². The fourth-order valence-electron chi connectivity index (χ4n) is 1.78. The zero-order valence-corrected chi connectivity index (χ0v) is 12.2. The molecule has 0 heterocycles. The Hall–Kier alpha value is -1.39. The molecule has 98 valence electrons. The Morgan fingerprint density at radius 3 is 2.58 bits per heavy atom. The smallest absolute Gasteiger partial charge is 0.335 e. The molecule has 2 aromatic rings. The Morgan fingerprint density at radius 1 is 1.26 bits per heavy atom. The number of benzene rings is 2. The highest BCUT2D eigenvalue weighted by Gasteiger charge is 2.15. The van der Waals surface area contributed by atoms with E-state index in [1.165, 1.54) is 12.1 Å². The predicted molar refractivity (Wildman–Crippen MR) is 76.2 cm³/mol. The molecular formula is C14H9BrClFO2. The lowest BCUT2D eigenvalue weighted by Gasteiger charge is -2.10. The van der Waals surface area contributed by atoms with E-state index in [1.54, 1.807) is 25.1 Å². The van der Waals surface area contributed by atoms with Crippen molar-refractivity contribution in [1.29, 1.82) is 0 Å². The van der Waals surface area contributed by atoms with E-state index in [4.69, 9.17) is 16.7 Å². The molecule has 0 amide bonds. The lowest BCUT2D eigenvalue weighted by Crippen LogP contribution is -1.98. The molecule has 0 aliphatic heterocycles. The molecule has 0 fully saturated rings. The third-order valence-electron chi connectivity index (χ3n) is 2.81. The van der Waals surface area contributed by atoms with Crippen LogP contribution in [-0.4, -0.2) is 11.1 Å². The number of hydrogen-bond acceptors (Lipinski definition) is 1. The van der Waals surface area contributed by atoms with Crippen LogP contribution in [0.25, 0.3) is 11.1 Å². The molecule has 0 bridgehead atoms. The second kappa shape index (κ2) is 5.31. The average Bonchev–Trinajstić information content (AvgIpc) is 2.37. The summed E-state index contributed by atoms with van der Waals surface area (Å²) in [6.45, 7) is 1.79. The number of halogens is 3. The molecule has 0 saturated carbocycles. The summed E-state index contributed by atoms with van der Waals surface area (Å²) < 4.78 is 14.6. The van der Waals surface area contributed by atoms with Gasteiger partial charge in [0.2, 0.25) is 0 Å². The van der Waals surface area contributed by atoms with Gasteiger partial charge in [-0.2, -0.15) is 0 Å². The molecule has 0 spiro atoms. The van der Waals surface area contributed by atoms with E-state index in [0.29, 0.717) is 10.0 Å². The first-order chi connectivity index (χ1) is 8.91. The molecule has 2 rings (SSSR count). The molecule has 0 aromatic heterocycles. The van der Waals surface area contributed by atoms with Crippen LogP contribution >= 0.6 is 27.5 Å². The van der Waals surface area contributed by atoms with E-state index in [9.17, 15) is 9.18 Å². The van der Waals surface area contributed by atoms with Gasteiger partial charge >= 0.3 is 5.97 Å². The van der Waals surface area contributed by atoms with Crippen molar-refractivity contribution >= 4 is 33.5 Å². The van der Waals surface area contributed by atoms with Gasteiger partial charge in [0, 0.05) is 10.0 Å². The van der Waals surface area contributed by atoms with Gasteiger partial charge in [-0.05, 0) is 52.2 Å². The van der Waals surface area contributed by atoms with Gasteiger partial charge in [0.15, 0.2) is 5.82 Å². The standard InChI is InChI=1S/C14H9BrClFO2/c1-7-2-3-8(14(18)19)6-10(7)9-4-5-11(15)12(16)13(9)17/h2-6H,1H3,(H,18,19). The zero-order chi connectivity index (χ0) is 14.2. The lowest BCUT2D eigenvalue weighted by molar-refractivity contribution is 0.0697. The Bertz CT molecular complexity index is 671. The maximum Gasteiger partial charge on any atom is 0.335 e. The first-order valence-corrected chi connectivity index (χ1v) is 6.56. The van der Waals surface area contributed by atoms with Crippen LogP contribution in [0.4, 0.5) is 4.39 Å². The van der Waals surface area contributed by atoms with Gasteiger partial charge in [0.25, 0.3) is 0 Å². The van der Waals surface area contributed by atoms with E-state index in [0.717, 1.165) is 5.56 Å². The molecular weight excluding hydrogens is 335 g/mol. The fraction of sp³-hybridized carbons (Fsp3) is 0.0714. The zero-order valence-electron chi connectivity index (χ0n) is 9.88. The maximum absolute atomic E-state index is 14.2. The van der Waals surface area contributed by atoms with Crippen LogP contribution in [-0.2, 0) is 0 Å². The molecule has 19 heavy (non-hydrogen) atoms. The average molecular weight is 344 g/mol. The number of rotatable bonds is 2. The molecule has 0 unspecified atom stereocenters. The second-order valence-corrected chi connectivity index (χ2v) is 5.29. The first kappa shape index (κ1) is 14.0. The molecule has 0 saturated heterocycles. The maximum atomic E-state index is 14.2. The third kappa shape index (κ3) is 2.65. The summed E-state index contributed by atoms with van der Waals surface area (Å²) in [5, 5.41) is 8.97. The van der Waals surface area contributed by atoms with Crippen molar-refractivity contribution in [1.82, 2.24) is 0 Å². The van der Waals surface area contributed by atoms with Crippen molar-refractivity contribution in [2.45, 2.75) is 6.92 Å². The number of carboxylic acids is 1. The van der Waals surface area contributed by atoms with Gasteiger partial charge in [-0.3, -0.25) is 0 Å². The molecule has 5 heteroatoms. The second-order valence-electron chi connectivity index (χ2n) is 4.06. The summed E-state index contributed by atoms with van der Waals surface area (Å²) in [7, 11) is 0. The number of carbonyl (C=O) groups is 1. The molecule has 2 aromatic carbocycles. The Balaban J connectivity index is 2.68. The van der Waals surface area contributed by atoms with E-state index in [-0.39, 0.29) is 16.1 Å². The summed E-state index contributed by atoms with van der Waals surface area (Å²) in [5.41, 5.74) is 1.70. The Kier molecular flexibility index (Phi) is 3.92. The Morgan fingerprint density at radius 2 is 1.95 bits per heavy atom. The van der Waals surface area contributed by atoms with E-state index < -0.39 is 11.8 Å². The molecule has 0 aliphatic rings. The van der Waals surface area contributed by atoms with Crippen molar-refractivity contribution in [3.63, 3.8) is 0 Å². The number of aryl methyl sites for hydroxylation is 1. The third-order valence-corrected chi connectivity index (χ3v) is 4.07. The van der Waals surface area contributed by atoms with Gasteiger partial charge in [-0.25, -0.2) is 9.18 Å². The highest BCUT2D eigenvalue weighted by atomic mass is 79.9. The van der Waals surface area contributed by atoms with Crippen LogP contribution in [0.2, 0.25) is 5.02 Å². The van der Waals surface area contributed by atoms with Crippen LogP contribution < -0.4 is 0 Å². The van der Waals surface area contributed by atoms with E-state index >= 15 is 0 Å².